The Balaban J connectivity index is 2.12. The second-order valence-electron chi connectivity index (χ2n) is 6.96. The van der Waals surface area contributed by atoms with Crippen molar-refractivity contribution in [3.8, 4) is 17.0 Å². The predicted molar refractivity (Wildman–Crippen MR) is 113 cm³/mol. The van der Waals surface area contributed by atoms with Gasteiger partial charge in [0.25, 0.3) is 5.56 Å². The van der Waals surface area contributed by atoms with Crippen LogP contribution < -0.4 is 21.1 Å². The lowest BCUT2D eigenvalue weighted by molar-refractivity contribution is -0.254. The van der Waals surface area contributed by atoms with Gasteiger partial charge in [0.15, 0.2) is 5.65 Å². The Morgan fingerprint density at radius 2 is 1.74 bits per heavy atom. The molecule has 0 saturated heterocycles. The number of benzene rings is 2. The lowest BCUT2D eigenvalue weighted by Crippen LogP contribution is -2.40. The molecule has 2 aromatic carbocycles. The number of rotatable bonds is 5. The monoisotopic (exact) mass is 416 g/mol. The fourth-order valence-electron chi connectivity index (χ4n) is 3.53. The third-order valence-electron chi connectivity index (χ3n) is 5.08. The highest BCUT2D eigenvalue weighted by Crippen LogP contribution is 2.30. The number of para-hydroxylation sites is 1. The summed E-state index contributed by atoms with van der Waals surface area (Å²) in [5.41, 5.74) is -0.151. The minimum absolute atomic E-state index is 0.0282. The largest absolute Gasteiger partial charge is 0.545 e. The number of carboxylic acids is 1. The second kappa shape index (κ2) is 7.91. The summed E-state index contributed by atoms with van der Waals surface area (Å²) in [5, 5.41) is 11.8. The van der Waals surface area contributed by atoms with E-state index >= 15 is 0 Å². The van der Waals surface area contributed by atoms with Crippen molar-refractivity contribution in [3.05, 3.63) is 92.6 Å². The van der Waals surface area contributed by atoms with Gasteiger partial charge in [0.05, 0.1) is 30.7 Å². The molecule has 0 bridgehead atoms. The number of carbonyl (C=O) groups is 1. The Kier molecular flexibility index (Phi) is 5.12. The molecule has 0 spiro atoms. The third-order valence-corrected chi connectivity index (χ3v) is 5.08. The van der Waals surface area contributed by atoms with E-state index in [1.54, 1.807) is 24.3 Å². The van der Waals surface area contributed by atoms with Crippen LogP contribution in [-0.2, 0) is 13.6 Å². The minimum atomic E-state index is -1.54. The zero-order chi connectivity index (χ0) is 22.1. The maximum absolute atomic E-state index is 13.0. The number of carbonyl (C=O) groups excluding carboxylic acids is 1. The fourth-order valence-corrected chi connectivity index (χ4v) is 3.53. The third kappa shape index (κ3) is 3.48. The highest BCUT2D eigenvalue weighted by Gasteiger charge is 2.19. The normalized spacial score (nSPS) is 10.9. The van der Waals surface area contributed by atoms with Crippen LogP contribution in [0.15, 0.2) is 70.3 Å². The summed E-state index contributed by atoms with van der Waals surface area (Å²) < 4.78 is 7.53. The van der Waals surface area contributed by atoms with Crippen LogP contribution in [0.2, 0.25) is 0 Å². The number of hydrogen-bond acceptors (Lipinski definition) is 6. The van der Waals surface area contributed by atoms with Gasteiger partial charge in [-0.2, -0.15) is 0 Å². The number of nitrogens with zero attached hydrogens (tertiary/aromatic N) is 3. The van der Waals surface area contributed by atoms with Crippen molar-refractivity contribution in [2.75, 3.05) is 7.11 Å². The first-order valence-electron chi connectivity index (χ1n) is 9.45. The summed E-state index contributed by atoms with van der Waals surface area (Å²) in [7, 11) is 2.79. The van der Waals surface area contributed by atoms with Crippen LogP contribution in [0.1, 0.15) is 15.9 Å². The maximum atomic E-state index is 13.0. The second-order valence-corrected chi connectivity index (χ2v) is 6.96. The van der Waals surface area contributed by atoms with E-state index in [4.69, 9.17) is 4.74 Å². The molecule has 8 heteroatoms. The van der Waals surface area contributed by atoms with Crippen LogP contribution in [0.5, 0.6) is 5.75 Å². The van der Waals surface area contributed by atoms with Gasteiger partial charge in [0.2, 0.25) is 0 Å². The number of ether oxygens (including phenoxy) is 1. The molecule has 0 radical (unpaired) electrons. The molecule has 4 aromatic rings. The first-order chi connectivity index (χ1) is 14.9. The lowest BCUT2D eigenvalue weighted by Gasteiger charge is -2.16. The van der Waals surface area contributed by atoms with E-state index in [0.717, 1.165) is 10.1 Å². The number of carboxylic acid groups (broad SMARTS) is 1. The SMILES string of the molecule is COc1ccccc1-c1cc(C(=O)[O-])c2c(=O)n(C)c(=O)n(Cc3ccccc3)c2n1. The standard InChI is InChI=1S/C23H19N3O5/c1-25-21(27)19-16(22(28)29)12-17(15-10-6-7-11-18(15)31-2)24-20(19)26(23(25)30)13-14-8-4-3-5-9-14/h3-12H,13H2,1-2H3,(H,28,29)/p-1. The quantitative estimate of drug-likeness (QED) is 0.484. The summed E-state index contributed by atoms with van der Waals surface area (Å²) in [6.07, 6.45) is 0. The molecule has 0 fully saturated rings. The Hall–Kier alpha value is -4.20. The van der Waals surface area contributed by atoms with E-state index in [2.05, 4.69) is 4.98 Å². The fraction of sp³-hybridized carbons (Fsp3) is 0.130. The smallest absolute Gasteiger partial charge is 0.332 e. The zero-order valence-electron chi connectivity index (χ0n) is 16.9. The molecule has 31 heavy (non-hydrogen) atoms. The van der Waals surface area contributed by atoms with Gasteiger partial charge in [-0.25, -0.2) is 9.78 Å². The predicted octanol–water partition coefficient (Wildman–Crippen LogP) is 1.18. The van der Waals surface area contributed by atoms with Crippen molar-refractivity contribution in [2.24, 2.45) is 7.05 Å². The van der Waals surface area contributed by atoms with E-state index in [-0.39, 0.29) is 28.8 Å². The molecule has 2 aromatic heterocycles. The molecule has 0 aliphatic carbocycles. The topological polar surface area (TPSA) is 106 Å². The van der Waals surface area contributed by atoms with E-state index in [1.165, 1.54) is 24.8 Å². The highest BCUT2D eigenvalue weighted by atomic mass is 16.5. The van der Waals surface area contributed by atoms with Gasteiger partial charge in [-0.05, 0) is 23.8 Å². The van der Waals surface area contributed by atoms with Crippen LogP contribution in [0.3, 0.4) is 0 Å². The summed E-state index contributed by atoms with van der Waals surface area (Å²) in [4.78, 5) is 42.3. The molecule has 0 aliphatic rings. The molecule has 0 atom stereocenters. The van der Waals surface area contributed by atoms with Gasteiger partial charge in [0, 0.05) is 18.2 Å². The van der Waals surface area contributed by atoms with Crippen LogP contribution >= 0.6 is 0 Å². The summed E-state index contributed by atoms with van der Waals surface area (Å²) in [6.45, 7) is 0.110. The molecule has 0 unspecified atom stereocenters. The van der Waals surface area contributed by atoms with Crippen molar-refractivity contribution in [3.63, 3.8) is 0 Å². The molecule has 8 nitrogen and oxygen atoms in total. The van der Waals surface area contributed by atoms with Crippen LogP contribution in [0, 0.1) is 0 Å². The van der Waals surface area contributed by atoms with Crippen molar-refractivity contribution in [1.29, 1.82) is 0 Å². The molecule has 2 heterocycles. The van der Waals surface area contributed by atoms with E-state index < -0.39 is 17.2 Å². The first-order valence-corrected chi connectivity index (χ1v) is 9.45. The number of hydrogen-bond donors (Lipinski definition) is 0. The van der Waals surface area contributed by atoms with Gasteiger partial charge in [-0.1, -0.05) is 42.5 Å². The van der Waals surface area contributed by atoms with E-state index in [0.29, 0.717) is 11.3 Å². The highest BCUT2D eigenvalue weighted by molar-refractivity contribution is 6.01. The van der Waals surface area contributed by atoms with Crippen molar-refractivity contribution < 1.29 is 14.6 Å². The zero-order valence-corrected chi connectivity index (χ0v) is 16.9. The number of aromatic carboxylic acids is 1. The average molecular weight is 416 g/mol. The van der Waals surface area contributed by atoms with Crippen LogP contribution in [-0.4, -0.2) is 27.2 Å². The van der Waals surface area contributed by atoms with Gasteiger partial charge in [0.1, 0.15) is 5.75 Å². The van der Waals surface area contributed by atoms with Crippen LogP contribution in [0.4, 0.5) is 0 Å². The summed E-state index contributed by atoms with van der Waals surface area (Å²) in [5.74, 6) is -1.06. The molecule has 4 rings (SSSR count). The van der Waals surface area contributed by atoms with Crippen molar-refractivity contribution >= 4 is 17.0 Å². The Morgan fingerprint density at radius 3 is 2.42 bits per heavy atom. The minimum Gasteiger partial charge on any atom is -0.545 e. The Bertz CT molecular complexity index is 1420. The molecular formula is C23H18N3O5-. The van der Waals surface area contributed by atoms with E-state index in [9.17, 15) is 19.5 Å². The molecule has 156 valence electrons. The maximum Gasteiger partial charge on any atom is 0.332 e. The summed E-state index contributed by atoms with van der Waals surface area (Å²) >= 11 is 0. The average Bonchev–Trinajstić information content (AvgIpc) is 2.80. The van der Waals surface area contributed by atoms with Crippen molar-refractivity contribution in [2.45, 2.75) is 6.54 Å². The van der Waals surface area contributed by atoms with Gasteiger partial charge >= 0.3 is 5.69 Å². The summed E-state index contributed by atoms with van der Waals surface area (Å²) in [6, 6.07) is 17.4. The lowest BCUT2D eigenvalue weighted by atomic mass is 10.1. The number of aromatic nitrogens is 3. The number of pyridine rings is 1. The van der Waals surface area contributed by atoms with E-state index in [1.807, 2.05) is 30.3 Å². The Labute approximate surface area is 176 Å². The van der Waals surface area contributed by atoms with Gasteiger partial charge in [-0.3, -0.25) is 13.9 Å². The Morgan fingerprint density at radius 1 is 1.06 bits per heavy atom. The number of fused-ring (bicyclic) bond motifs is 1. The van der Waals surface area contributed by atoms with Gasteiger partial charge < -0.3 is 14.6 Å². The number of methoxy groups -OCH3 is 1. The molecule has 0 saturated carbocycles. The van der Waals surface area contributed by atoms with Gasteiger partial charge in [-0.15, -0.1) is 0 Å². The first kappa shape index (κ1) is 20.1. The molecule has 0 aliphatic heterocycles. The molecule has 0 N–H and O–H groups in total. The molecular weight excluding hydrogens is 398 g/mol. The van der Waals surface area contributed by atoms with Crippen LogP contribution in [0.25, 0.3) is 22.3 Å². The molecule has 0 amide bonds. The van der Waals surface area contributed by atoms with Crippen molar-refractivity contribution in [1.82, 2.24) is 14.1 Å².